The predicted molar refractivity (Wildman–Crippen MR) is 98.8 cm³/mol. The lowest BCUT2D eigenvalue weighted by atomic mass is 10.2. The Morgan fingerprint density at radius 1 is 1.25 bits per heavy atom. The Morgan fingerprint density at radius 2 is 2.12 bits per heavy atom. The number of amides is 1. The number of nitrogens with one attached hydrogen (secondary N) is 1. The van der Waals surface area contributed by atoms with Crippen LogP contribution in [0.2, 0.25) is 10.0 Å². The molecule has 24 heavy (non-hydrogen) atoms. The normalized spacial score (nSPS) is 10.6. The lowest BCUT2D eigenvalue weighted by Crippen LogP contribution is -2.12. The molecular weight excluding hydrogens is 365 g/mol. The highest BCUT2D eigenvalue weighted by molar-refractivity contribution is 7.13. The monoisotopic (exact) mass is 377 g/mol. The number of rotatable bonds is 5. The van der Waals surface area contributed by atoms with Gasteiger partial charge in [-0.05, 0) is 36.8 Å². The fourth-order valence-corrected chi connectivity index (χ4v) is 3.39. The first-order valence-corrected chi connectivity index (χ1v) is 8.85. The molecule has 0 aliphatic heterocycles. The van der Waals surface area contributed by atoms with Gasteiger partial charge < -0.3 is 5.32 Å². The minimum absolute atomic E-state index is 0.116. The SMILES string of the molecule is O=C(CCc1csc(-c2cccnc2)n1)Nc1ccc(Cl)cc1Cl. The number of anilines is 1. The molecule has 3 rings (SSSR count). The number of nitrogens with zero attached hydrogens (tertiary/aromatic N) is 2. The molecule has 0 unspecified atom stereocenters. The standard InChI is InChI=1S/C17H13Cl2N3OS/c18-12-3-5-15(14(19)8-12)22-16(23)6-4-13-10-24-17(21-13)11-2-1-7-20-9-11/h1-3,5,7-10H,4,6H2,(H,22,23). The van der Waals surface area contributed by atoms with E-state index in [1.54, 1.807) is 41.9 Å². The third kappa shape index (κ3) is 4.32. The van der Waals surface area contributed by atoms with Gasteiger partial charge in [-0.3, -0.25) is 9.78 Å². The van der Waals surface area contributed by atoms with Gasteiger partial charge in [0.2, 0.25) is 5.91 Å². The van der Waals surface area contributed by atoms with E-state index >= 15 is 0 Å². The van der Waals surface area contributed by atoms with Crippen LogP contribution in [0.25, 0.3) is 10.6 Å². The summed E-state index contributed by atoms with van der Waals surface area (Å²) >= 11 is 13.4. The summed E-state index contributed by atoms with van der Waals surface area (Å²) in [6.45, 7) is 0. The lowest BCUT2D eigenvalue weighted by Gasteiger charge is -2.06. The molecule has 0 bridgehead atoms. The van der Waals surface area contributed by atoms with Gasteiger partial charge >= 0.3 is 0 Å². The molecule has 3 aromatic rings. The maximum absolute atomic E-state index is 12.1. The van der Waals surface area contributed by atoms with Gasteiger partial charge in [0.1, 0.15) is 5.01 Å². The molecule has 0 spiro atoms. The van der Waals surface area contributed by atoms with Gasteiger partial charge in [-0.25, -0.2) is 4.98 Å². The van der Waals surface area contributed by atoms with E-state index in [9.17, 15) is 4.79 Å². The van der Waals surface area contributed by atoms with E-state index in [0.29, 0.717) is 28.6 Å². The summed E-state index contributed by atoms with van der Waals surface area (Å²) in [5.74, 6) is -0.116. The third-order valence-corrected chi connectivity index (χ3v) is 4.76. The van der Waals surface area contributed by atoms with Crippen LogP contribution < -0.4 is 5.32 Å². The van der Waals surface area contributed by atoms with Gasteiger partial charge in [-0.1, -0.05) is 23.2 Å². The van der Waals surface area contributed by atoms with Gasteiger partial charge in [-0.2, -0.15) is 0 Å². The minimum Gasteiger partial charge on any atom is -0.325 e. The Bertz CT molecular complexity index is 852. The van der Waals surface area contributed by atoms with Crippen LogP contribution in [0.3, 0.4) is 0 Å². The Balaban J connectivity index is 1.58. The molecule has 1 aromatic carbocycles. The molecule has 0 radical (unpaired) electrons. The van der Waals surface area contributed by atoms with Gasteiger partial charge in [-0.15, -0.1) is 11.3 Å². The van der Waals surface area contributed by atoms with Gasteiger partial charge in [0.25, 0.3) is 0 Å². The van der Waals surface area contributed by atoms with Crippen LogP contribution in [0.15, 0.2) is 48.1 Å². The minimum atomic E-state index is -0.116. The van der Waals surface area contributed by atoms with E-state index < -0.39 is 0 Å². The van der Waals surface area contributed by atoms with E-state index in [0.717, 1.165) is 16.3 Å². The summed E-state index contributed by atoms with van der Waals surface area (Å²) < 4.78 is 0. The molecule has 0 aliphatic rings. The fraction of sp³-hybridized carbons (Fsp3) is 0.118. The Hall–Kier alpha value is -1.95. The zero-order valence-corrected chi connectivity index (χ0v) is 14.8. The predicted octanol–water partition coefficient (Wildman–Crippen LogP) is 5.08. The number of hydrogen-bond donors (Lipinski definition) is 1. The molecule has 2 aromatic heterocycles. The number of benzene rings is 1. The molecule has 0 aliphatic carbocycles. The van der Waals surface area contributed by atoms with Crippen LogP contribution in [0.5, 0.6) is 0 Å². The van der Waals surface area contributed by atoms with E-state index in [1.165, 1.54) is 0 Å². The second-order valence-corrected chi connectivity index (χ2v) is 6.76. The van der Waals surface area contributed by atoms with Crippen LogP contribution >= 0.6 is 34.5 Å². The molecule has 1 amide bonds. The van der Waals surface area contributed by atoms with Crippen molar-refractivity contribution in [1.29, 1.82) is 0 Å². The number of carbonyl (C=O) groups excluding carboxylic acids is 1. The van der Waals surface area contributed by atoms with Gasteiger partial charge in [0.15, 0.2) is 0 Å². The summed E-state index contributed by atoms with van der Waals surface area (Å²) in [6, 6.07) is 8.81. The quantitative estimate of drug-likeness (QED) is 0.673. The molecule has 0 atom stereocenters. The molecular formula is C17H13Cl2N3OS. The second kappa shape index (κ2) is 7.75. The number of hydrogen-bond acceptors (Lipinski definition) is 4. The first-order valence-electron chi connectivity index (χ1n) is 7.21. The Kier molecular flexibility index (Phi) is 5.45. The first-order chi connectivity index (χ1) is 11.6. The highest BCUT2D eigenvalue weighted by Crippen LogP contribution is 2.26. The van der Waals surface area contributed by atoms with Crippen molar-refractivity contribution in [1.82, 2.24) is 9.97 Å². The van der Waals surface area contributed by atoms with Crippen LogP contribution in [-0.4, -0.2) is 15.9 Å². The number of carbonyl (C=O) groups is 1. The summed E-state index contributed by atoms with van der Waals surface area (Å²) in [5.41, 5.74) is 2.42. The fourth-order valence-electron chi connectivity index (χ4n) is 2.09. The zero-order valence-electron chi connectivity index (χ0n) is 12.5. The number of aromatic nitrogens is 2. The highest BCUT2D eigenvalue weighted by atomic mass is 35.5. The molecule has 0 saturated heterocycles. The number of aryl methyl sites for hydroxylation is 1. The molecule has 0 fully saturated rings. The van der Waals surface area contributed by atoms with Crippen molar-refractivity contribution in [3.63, 3.8) is 0 Å². The van der Waals surface area contributed by atoms with E-state index in [4.69, 9.17) is 23.2 Å². The largest absolute Gasteiger partial charge is 0.325 e. The van der Waals surface area contributed by atoms with Crippen molar-refractivity contribution in [3.05, 3.63) is 63.8 Å². The topological polar surface area (TPSA) is 54.9 Å². The van der Waals surface area contributed by atoms with Crippen LogP contribution in [-0.2, 0) is 11.2 Å². The molecule has 4 nitrogen and oxygen atoms in total. The van der Waals surface area contributed by atoms with Crippen molar-refractivity contribution < 1.29 is 4.79 Å². The van der Waals surface area contributed by atoms with E-state index in [-0.39, 0.29) is 5.91 Å². The van der Waals surface area contributed by atoms with Crippen LogP contribution in [0.1, 0.15) is 12.1 Å². The molecule has 7 heteroatoms. The Morgan fingerprint density at radius 3 is 2.88 bits per heavy atom. The van der Waals surface area contributed by atoms with E-state index in [2.05, 4.69) is 15.3 Å². The molecule has 0 saturated carbocycles. The summed E-state index contributed by atoms with van der Waals surface area (Å²) in [6.07, 6.45) is 4.39. The van der Waals surface area contributed by atoms with Crippen molar-refractivity contribution in [2.75, 3.05) is 5.32 Å². The maximum Gasteiger partial charge on any atom is 0.224 e. The molecule has 1 N–H and O–H groups in total. The summed E-state index contributed by atoms with van der Waals surface area (Å²) in [5, 5.41) is 6.60. The molecule has 122 valence electrons. The highest BCUT2D eigenvalue weighted by Gasteiger charge is 2.09. The van der Waals surface area contributed by atoms with E-state index in [1.807, 2.05) is 17.5 Å². The van der Waals surface area contributed by atoms with Crippen molar-refractivity contribution >= 4 is 46.1 Å². The maximum atomic E-state index is 12.1. The Labute approximate surface area is 153 Å². The van der Waals surface area contributed by atoms with Crippen molar-refractivity contribution in [2.45, 2.75) is 12.8 Å². The molecule has 2 heterocycles. The van der Waals surface area contributed by atoms with Crippen LogP contribution in [0, 0.1) is 0 Å². The second-order valence-electron chi connectivity index (χ2n) is 5.06. The first kappa shape index (κ1) is 16.9. The zero-order chi connectivity index (χ0) is 16.9. The van der Waals surface area contributed by atoms with Crippen LogP contribution in [0.4, 0.5) is 5.69 Å². The smallest absolute Gasteiger partial charge is 0.224 e. The average Bonchev–Trinajstić information content (AvgIpc) is 3.05. The summed E-state index contributed by atoms with van der Waals surface area (Å²) in [7, 11) is 0. The summed E-state index contributed by atoms with van der Waals surface area (Å²) in [4.78, 5) is 20.7. The number of pyridine rings is 1. The van der Waals surface area contributed by atoms with Crippen molar-refractivity contribution in [3.8, 4) is 10.6 Å². The van der Waals surface area contributed by atoms with Gasteiger partial charge in [0, 0.05) is 34.8 Å². The third-order valence-electron chi connectivity index (χ3n) is 3.27. The lowest BCUT2D eigenvalue weighted by molar-refractivity contribution is -0.116. The number of halogens is 2. The average molecular weight is 378 g/mol. The van der Waals surface area contributed by atoms with Crippen molar-refractivity contribution in [2.24, 2.45) is 0 Å². The number of thiazole rings is 1. The van der Waals surface area contributed by atoms with Gasteiger partial charge in [0.05, 0.1) is 16.4 Å².